The highest BCUT2D eigenvalue weighted by molar-refractivity contribution is 7.91. The van der Waals surface area contributed by atoms with Gasteiger partial charge in [-0.15, -0.1) is 0 Å². The van der Waals surface area contributed by atoms with Gasteiger partial charge in [0.15, 0.2) is 22.2 Å². The first-order valence-electron chi connectivity index (χ1n) is 9.00. The zero-order valence-electron chi connectivity index (χ0n) is 16.0. The van der Waals surface area contributed by atoms with Crippen LogP contribution in [0.4, 0.5) is 26.3 Å². The fourth-order valence-corrected chi connectivity index (χ4v) is 5.18. The highest BCUT2D eigenvalue weighted by atomic mass is 35.5. The first-order chi connectivity index (χ1) is 14.9. The molecule has 0 spiro atoms. The summed E-state index contributed by atoms with van der Waals surface area (Å²) in [6.45, 7) is -1.72. The Morgan fingerprint density at radius 3 is 2.16 bits per heavy atom. The van der Waals surface area contributed by atoms with Gasteiger partial charge in [0.25, 0.3) is 5.91 Å². The number of rotatable bonds is 6. The van der Waals surface area contributed by atoms with Crippen LogP contribution in [0.3, 0.4) is 0 Å². The van der Waals surface area contributed by atoms with Gasteiger partial charge in [-0.25, -0.2) is 26.0 Å². The normalized spacial score (nSPS) is 17.4. The second kappa shape index (κ2) is 9.18. The number of ether oxygens (including phenoxy) is 1. The third kappa shape index (κ3) is 4.80. The van der Waals surface area contributed by atoms with Gasteiger partial charge in [-0.3, -0.25) is 4.79 Å². The lowest BCUT2D eigenvalue weighted by Crippen LogP contribution is -2.43. The van der Waals surface area contributed by atoms with E-state index in [9.17, 15) is 39.6 Å². The number of sulfone groups is 1. The number of benzene rings is 2. The molecule has 1 heterocycles. The van der Waals surface area contributed by atoms with E-state index in [2.05, 4.69) is 4.74 Å². The Morgan fingerprint density at radius 2 is 1.62 bits per heavy atom. The van der Waals surface area contributed by atoms with E-state index < -0.39 is 81.3 Å². The molecule has 2 aromatic rings. The molecule has 0 aliphatic carbocycles. The average Bonchev–Trinajstić information content (AvgIpc) is 3.09. The molecule has 174 valence electrons. The molecule has 32 heavy (non-hydrogen) atoms. The van der Waals surface area contributed by atoms with Gasteiger partial charge >= 0.3 is 0 Å². The number of halogens is 7. The van der Waals surface area contributed by atoms with Gasteiger partial charge in [-0.1, -0.05) is 17.7 Å². The van der Waals surface area contributed by atoms with E-state index in [1.54, 1.807) is 0 Å². The van der Waals surface area contributed by atoms with E-state index in [-0.39, 0.29) is 22.8 Å². The fraction of sp³-hybridized carbons (Fsp3) is 0.316. The lowest BCUT2D eigenvalue weighted by molar-refractivity contribution is -0.136. The second-order valence-electron chi connectivity index (χ2n) is 6.97. The minimum Gasteiger partial charge on any atom is -0.477 e. The van der Waals surface area contributed by atoms with Crippen molar-refractivity contribution in [3.05, 3.63) is 63.7 Å². The van der Waals surface area contributed by atoms with E-state index >= 15 is 0 Å². The van der Waals surface area contributed by atoms with Crippen LogP contribution in [0.2, 0.25) is 5.02 Å². The van der Waals surface area contributed by atoms with E-state index in [4.69, 9.17) is 11.6 Å². The smallest absolute Gasteiger partial charge is 0.261 e. The third-order valence-corrected chi connectivity index (χ3v) is 6.97. The molecule has 1 aliphatic rings. The van der Waals surface area contributed by atoms with Crippen LogP contribution in [0.15, 0.2) is 18.2 Å². The Bertz CT molecular complexity index is 1130. The van der Waals surface area contributed by atoms with Crippen molar-refractivity contribution in [2.75, 3.05) is 18.1 Å². The van der Waals surface area contributed by atoms with Crippen molar-refractivity contribution in [3.8, 4) is 5.75 Å². The van der Waals surface area contributed by atoms with Crippen molar-refractivity contribution in [2.24, 2.45) is 0 Å². The average molecular weight is 502 g/mol. The van der Waals surface area contributed by atoms with Gasteiger partial charge < -0.3 is 9.64 Å². The lowest BCUT2D eigenvalue weighted by Gasteiger charge is -2.29. The van der Waals surface area contributed by atoms with Crippen LogP contribution in [0.1, 0.15) is 12.0 Å². The Balaban J connectivity index is 1.88. The molecule has 0 bridgehead atoms. The molecule has 1 fully saturated rings. The van der Waals surface area contributed by atoms with Crippen molar-refractivity contribution in [2.45, 2.75) is 19.0 Å². The van der Waals surface area contributed by atoms with E-state index in [1.165, 1.54) is 12.1 Å². The SMILES string of the molecule is O=C(COc1c(F)c(F)c(F)c(F)c1F)N(Cc1c(F)cccc1Cl)C1CCS(=O)(=O)C1. The molecule has 3 rings (SSSR count). The van der Waals surface area contributed by atoms with Crippen LogP contribution in [0, 0.1) is 34.9 Å². The van der Waals surface area contributed by atoms with Crippen LogP contribution in [0.25, 0.3) is 0 Å². The summed E-state index contributed by atoms with van der Waals surface area (Å²) < 4.78 is 110. The maximum atomic E-state index is 14.2. The van der Waals surface area contributed by atoms with Crippen LogP contribution < -0.4 is 4.74 Å². The van der Waals surface area contributed by atoms with Crippen molar-refractivity contribution in [3.63, 3.8) is 0 Å². The van der Waals surface area contributed by atoms with Crippen LogP contribution in [0.5, 0.6) is 5.75 Å². The number of hydrogen-bond acceptors (Lipinski definition) is 4. The van der Waals surface area contributed by atoms with Crippen molar-refractivity contribution < 1.29 is 44.3 Å². The summed E-state index contributed by atoms with van der Waals surface area (Å²) in [5, 5.41) is -0.0654. The molecule has 0 aromatic heterocycles. The summed E-state index contributed by atoms with van der Waals surface area (Å²) in [6, 6.07) is 2.75. The maximum Gasteiger partial charge on any atom is 0.261 e. The molecule has 5 nitrogen and oxygen atoms in total. The predicted octanol–water partition coefficient (Wildman–Crippen LogP) is 3.77. The first kappa shape index (κ1) is 24.2. The Hall–Kier alpha value is -2.47. The van der Waals surface area contributed by atoms with Gasteiger partial charge in [0, 0.05) is 16.6 Å². The summed E-state index contributed by atoms with van der Waals surface area (Å²) in [5.74, 6) is -15.7. The molecule has 1 aliphatic heterocycles. The van der Waals surface area contributed by atoms with E-state index in [0.717, 1.165) is 11.0 Å². The van der Waals surface area contributed by atoms with Gasteiger partial charge in [-0.05, 0) is 18.6 Å². The molecular weight excluding hydrogens is 488 g/mol. The highest BCUT2D eigenvalue weighted by Crippen LogP contribution is 2.30. The Morgan fingerprint density at radius 1 is 1.03 bits per heavy atom. The number of amides is 1. The summed E-state index contributed by atoms with van der Waals surface area (Å²) in [7, 11) is -3.51. The van der Waals surface area contributed by atoms with Gasteiger partial charge in [0.05, 0.1) is 18.1 Å². The van der Waals surface area contributed by atoms with E-state index in [1.807, 2.05) is 0 Å². The molecule has 1 amide bonds. The zero-order valence-corrected chi connectivity index (χ0v) is 17.6. The fourth-order valence-electron chi connectivity index (χ4n) is 3.22. The first-order valence-corrected chi connectivity index (χ1v) is 11.2. The lowest BCUT2D eigenvalue weighted by atomic mass is 10.1. The summed E-state index contributed by atoms with van der Waals surface area (Å²) in [4.78, 5) is 13.6. The van der Waals surface area contributed by atoms with Crippen LogP contribution in [-0.2, 0) is 21.2 Å². The molecule has 0 radical (unpaired) electrons. The monoisotopic (exact) mass is 501 g/mol. The van der Waals surface area contributed by atoms with Crippen LogP contribution >= 0.6 is 11.6 Å². The maximum absolute atomic E-state index is 14.2. The molecule has 1 unspecified atom stereocenters. The summed E-state index contributed by atoms with van der Waals surface area (Å²) in [6.07, 6.45) is -0.0112. The quantitative estimate of drug-likeness (QED) is 0.343. The molecule has 13 heteroatoms. The topological polar surface area (TPSA) is 63.7 Å². The second-order valence-corrected chi connectivity index (χ2v) is 9.60. The Labute approximate surface area is 183 Å². The van der Waals surface area contributed by atoms with Crippen molar-refractivity contribution in [1.82, 2.24) is 4.90 Å². The van der Waals surface area contributed by atoms with Crippen LogP contribution in [-0.4, -0.2) is 43.4 Å². The molecule has 0 saturated carbocycles. The standard InChI is InChI=1S/C19H14ClF6NO4S/c20-11-2-1-3-12(21)10(11)6-27(9-4-5-32(29,30)8-9)13(28)7-31-19-17(25)15(23)14(22)16(24)18(19)26/h1-3,9H,4-8H2. The van der Waals surface area contributed by atoms with Gasteiger partial charge in [0.1, 0.15) is 5.82 Å². The van der Waals surface area contributed by atoms with Crippen molar-refractivity contribution in [1.29, 1.82) is 0 Å². The number of hydrogen-bond donors (Lipinski definition) is 0. The summed E-state index contributed by atoms with van der Waals surface area (Å²) in [5.41, 5.74) is -0.150. The minimum atomic E-state index is -3.51. The highest BCUT2D eigenvalue weighted by Gasteiger charge is 2.36. The van der Waals surface area contributed by atoms with Crippen molar-refractivity contribution >= 4 is 27.3 Å². The summed E-state index contributed by atoms with van der Waals surface area (Å²) >= 11 is 5.96. The molecular formula is C19H14ClF6NO4S. The Kier molecular flexibility index (Phi) is 6.94. The number of nitrogens with zero attached hydrogens (tertiary/aromatic N) is 1. The largest absolute Gasteiger partial charge is 0.477 e. The minimum absolute atomic E-state index is 0.0112. The zero-order chi connectivity index (χ0) is 23.8. The predicted molar refractivity (Wildman–Crippen MR) is 101 cm³/mol. The third-order valence-electron chi connectivity index (χ3n) is 4.87. The molecule has 1 saturated heterocycles. The van der Waals surface area contributed by atoms with Gasteiger partial charge in [-0.2, -0.15) is 8.78 Å². The number of carbonyl (C=O) groups excluding carboxylic acids is 1. The van der Waals surface area contributed by atoms with E-state index in [0.29, 0.717) is 0 Å². The number of carbonyl (C=O) groups is 1. The molecule has 1 atom stereocenters. The van der Waals surface area contributed by atoms with Gasteiger partial charge in [0.2, 0.25) is 29.1 Å². The molecule has 2 aromatic carbocycles. The molecule has 0 N–H and O–H groups in total.